The standard InChI is InChI=1S/C19H24ClN3O2S/c1-21(13-15-7-8-18(20)26-15)14-19(24)23-11-9-22(10-12-23)16-5-3-4-6-17(16)25-2/h3-8H,9-14H2,1-2H3. The van der Waals surface area contributed by atoms with E-state index in [0.29, 0.717) is 6.54 Å². The van der Waals surface area contributed by atoms with Gasteiger partial charge in [0.1, 0.15) is 5.75 Å². The Morgan fingerprint density at radius 1 is 1.19 bits per heavy atom. The second-order valence-electron chi connectivity index (χ2n) is 6.42. The molecular formula is C19H24ClN3O2S. The van der Waals surface area contributed by atoms with Crippen LogP contribution in [0.2, 0.25) is 4.34 Å². The molecule has 1 aliphatic rings. The molecule has 0 bridgehead atoms. The highest BCUT2D eigenvalue weighted by Gasteiger charge is 2.23. The van der Waals surface area contributed by atoms with Gasteiger partial charge < -0.3 is 14.5 Å². The lowest BCUT2D eigenvalue weighted by molar-refractivity contribution is -0.132. The van der Waals surface area contributed by atoms with Gasteiger partial charge in [-0.15, -0.1) is 11.3 Å². The Hall–Kier alpha value is -1.76. The molecular weight excluding hydrogens is 370 g/mol. The number of piperazine rings is 1. The van der Waals surface area contributed by atoms with Gasteiger partial charge in [-0.25, -0.2) is 0 Å². The maximum Gasteiger partial charge on any atom is 0.236 e. The predicted molar refractivity (Wildman–Crippen MR) is 107 cm³/mol. The first-order valence-corrected chi connectivity index (χ1v) is 9.85. The minimum Gasteiger partial charge on any atom is -0.495 e. The largest absolute Gasteiger partial charge is 0.495 e. The first kappa shape index (κ1) is 19.0. The van der Waals surface area contributed by atoms with E-state index in [4.69, 9.17) is 16.3 Å². The van der Waals surface area contributed by atoms with E-state index in [2.05, 4.69) is 11.0 Å². The highest BCUT2D eigenvalue weighted by Crippen LogP contribution is 2.28. The molecule has 2 heterocycles. The summed E-state index contributed by atoms with van der Waals surface area (Å²) in [6, 6.07) is 11.9. The van der Waals surface area contributed by atoms with Crippen molar-refractivity contribution in [3.05, 3.63) is 45.6 Å². The van der Waals surface area contributed by atoms with Gasteiger partial charge in [0.2, 0.25) is 5.91 Å². The van der Waals surface area contributed by atoms with E-state index >= 15 is 0 Å². The van der Waals surface area contributed by atoms with Gasteiger partial charge in [0, 0.05) is 37.6 Å². The van der Waals surface area contributed by atoms with Crippen molar-refractivity contribution in [1.29, 1.82) is 0 Å². The normalized spacial score (nSPS) is 14.8. The van der Waals surface area contributed by atoms with Crippen LogP contribution in [0.4, 0.5) is 5.69 Å². The molecule has 1 amide bonds. The van der Waals surface area contributed by atoms with E-state index in [9.17, 15) is 4.79 Å². The molecule has 1 fully saturated rings. The topological polar surface area (TPSA) is 36.0 Å². The van der Waals surface area contributed by atoms with E-state index in [1.165, 1.54) is 4.88 Å². The Kier molecular flexibility index (Phi) is 6.40. The van der Waals surface area contributed by atoms with Gasteiger partial charge in [0.05, 0.1) is 23.7 Å². The Balaban J connectivity index is 1.50. The Labute approximate surface area is 163 Å². The van der Waals surface area contributed by atoms with Crippen LogP contribution in [0.5, 0.6) is 5.75 Å². The van der Waals surface area contributed by atoms with Crippen molar-refractivity contribution in [1.82, 2.24) is 9.80 Å². The fourth-order valence-electron chi connectivity index (χ4n) is 3.18. The molecule has 26 heavy (non-hydrogen) atoms. The zero-order valence-corrected chi connectivity index (χ0v) is 16.7. The summed E-state index contributed by atoms with van der Waals surface area (Å²) in [7, 11) is 3.66. The predicted octanol–water partition coefficient (Wildman–Crippen LogP) is 3.19. The lowest BCUT2D eigenvalue weighted by Gasteiger charge is -2.37. The number of halogens is 1. The first-order valence-electron chi connectivity index (χ1n) is 8.65. The molecule has 0 saturated carbocycles. The molecule has 1 aromatic carbocycles. The van der Waals surface area contributed by atoms with Gasteiger partial charge in [-0.2, -0.15) is 0 Å². The molecule has 140 valence electrons. The van der Waals surface area contributed by atoms with Crippen LogP contribution in [0.25, 0.3) is 0 Å². The van der Waals surface area contributed by atoms with Crippen LogP contribution in [0, 0.1) is 0 Å². The number of carbonyl (C=O) groups excluding carboxylic acids is 1. The third-order valence-electron chi connectivity index (χ3n) is 4.52. The monoisotopic (exact) mass is 393 g/mol. The quantitative estimate of drug-likeness (QED) is 0.755. The van der Waals surface area contributed by atoms with Crippen molar-refractivity contribution in [3.8, 4) is 5.75 Å². The minimum absolute atomic E-state index is 0.176. The number of benzene rings is 1. The number of ether oxygens (including phenoxy) is 1. The summed E-state index contributed by atoms with van der Waals surface area (Å²) in [6.07, 6.45) is 0. The van der Waals surface area contributed by atoms with E-state index in [-0.39, 0.29) is 5.91 Å². The summed E-state index contributed by atoms with van der Waals surface area (Å²) in [6.45, 7) is 4.26. The average molecular weight is 394 g/mol. The van der Waals surface area contributed by atoms with Gasteiger partial charge in [-0.05, 0) is 31.3 Å². The zero-order chi connectivity index (χ0) is 18.5. The maximum atomic E-state index is 12.6. The number of thiophene rings is 1. The van der Waals surface area contributed by atoms with Crippen LogP contribution in [0.1, 0.15) is 4.88 Å². The summed E-state index contributed by atoms with van der Waals surface area (Å²) >= 11 is 7.53. The summed E-state index contributed by atoms with van der Waals surface area (Å²) in [5.74, 6) is 1.05. The van der Waals surface area contributed by atoms with Gasteiger partial charge >= 0.3 is 0 Å². The van der Waals surface area contributed by atoms with Crippen molar-refractivity contribution in [2.45, 2.75) is 6.54 Å². The lowest BCUT2D eigenvalue weighted by Crippen LogP contribution is -2.51. The first-order chi connectivity index (χ1) is 12.6. The Morgan fingerprint density at radius 2 is 1.92 bits per heavy atom. The van der Waals surface area contributed by atoms with Crippen molar-refractivity contribution in [2.24, 2.45) is 0 Å². The fourth-order valence-corrected chi connectivity index (χ4v) is 4.35. The van der Waals surface area contributed by atoms with Crippen molar-refractivity contribution in [3.63, 3.8) is 0 Å². The molecule has 5 nitrogen and oxygen atoms in total. The molecule has 0 aliphatic carbocycles. The summed E-state index contributed by atoms with van der Waals surface area (Å²) < 4.78 is 6.23. The molecule has 1 aromatic heterocycles. The summed E-state index contributed by atoms with van der Waals surface area (Å²) in [5.41, 5.74) is 1.09. The van der Waals surface area contributed by atoms with Crippen LogP contribution >= 0.6 is 22.9 Å². The number of para-hydroxylation sites is 2. The number of methoxy groups -OCH3 is 1. The number of hydrogen-bond donors (Lipinski definition) is 0. The van der Waals surface area contributed by atoms with E-state index in [1.807, 2.05) is 47.2 Å². The summed E-state index contributed by atoms with van der Waals surface area (Å²) in [5, 5.41) is 0. The smallest absolute Gasteiger partial charge is 0.236 e. The molecule has 7 heteroatoms. The van der Waals surface area contributed by atoms with Gasteiger partial charge in [0.15, 0.2) is 0 Å². The molecule has 0 N–H and O–H groups in total. The molecule has 3 rings (SSSR count). The second-order valence-corrected chi connectivity index (χ2v) is 8.22. The lowest BCUT2D eigenvalue weighted by atomic mass is 10.2. The number of amides is 1. The van der Waals surface area contributed by atoms with Crippen molar-refractivity contribution < 1.29 is 9.53 Å². The van der Waals surface area contributed by atoms with Crippen molar-refractivity contribution in [2.75, 3.05) is 51.8 Å². The molecule has 0 atom stereocenters. The van der Waals surface area contributed by atoms with Crippen LogP contribution in [-0.2, 0) is 11.3 Å². The Bertz CT molecular complexity index is 744. The van der Waals surface area contributed by atoms with Crippen LogP contribution in [0.15, 0.2) is 36.4 Å². The van der Waals surface area contributed by atoms with E-state index < -0.39 is 0 Å². The van der Waals surface area contributed by atoms with E-state index in [1.54, 1.807) is 18.4 Å². The number of carbonyl (C=O) groups is 1. The van der Waals surface area contributed by atoms with Crippen LogP contribution in [-0.4, -0.2) is 62.6 Å². The highest BCUT2D eigenvalue weighted by atomic mass is 35.5. The number of rotatable bonds is 6. The molecule has 0 spiro atoms. The number of likely N-dealkylation sites (N-methyl/N-ethyl adjacent to an activating group) is 1. The number of anilines is 1. The number of nitrogens with zero attached hydrogens (tertiary/aromatic N) is 3. The SMILES string of the molecule is COc1ccccc1N1CCN(C(=O)CN(C)Cc2ccc(Cl)s2)CC1. The molecule has 1 aliphatic heterocycles. The zero-order valence-electron chi connectivity index (χ0n) is 15.2. The maximum absolute atomic E-state index is 12.6. The van der Waals surface area contributed by atoms with Crippen molar-refractivity contribution >= 4 is 34.5 Å². The van der Waals surface area contributed by atoms with Crippen LogP contribution in [0.3, 0.4) is 0 Å². The highest BCUT2D eigenvalue weighted by molar-refractivity contribution is 7.16. The fraction of sp³-hybridized carbons (Fsp3) is 0.421. The molecule has 1 saturated heterocycles. The Morgan fingerprint density at radius 3 is 2.58 bits per heavy atom. The molecule has 2 aromatic rings. The average Bonchev–Trinajstić information content (AvgIpc) is 3.06. The second kappa shape index (κ2) is 8.75. The molecule has 0 unspecified atom stereocenters. The molecule has 0 radical (unpaired) electrons. The van der Waals surface area contributed by atoms with Crippen LogP contribution < -0.4 is 9.64 Å². The van der Waals surface area contributed by atoms with Gasteiger partial charge in [-0.3, -0.25) is 9.69 Å². The number of hydrogen-bond acceptors (Lipinski definition) is 5. The summed E-state index contributed by atoms with van der Waals surface area (Å²) in [4.78, 5) is 20.0. The van der Waals surface area contributed by atoms with Gasteiger partial charge in [0.25, 0.3) is 0 Å². The third kappa shape index (κ3) is 4.69. The third-order valence-corrected chi connectivity index (χ3v) is 5.73. The minimum atomic E-state index is 0.176. The van der Waals surface area contributed by atoms with E-state index in [0.717, 1.165) is 48.5 Å². The van der Waals surface area contributed by atoms with Gasteiger partial charge in [-0.1, -0.05) is 23.7 Å².